The first-order valence-corrected chi connectivity index (χ1v) is 7.25. The molecule has 0 aliphatic heterocycles. The molecule has 0 aromatic carbocycles. The number of nitrogens with zero attached hydrogens (tertiary/aromatic N) is 2. The third-order valence-corrected chi connectivity index (χ3v) is 4.74. The molecule has 1 aliphatic rings. The first-order valence-electron chi connectivity index (χ1n) is 7.25. The van der Waals surface area contributed by atoms with E-state index in [2.05, 4.69) is 48.9 Å². The van der Waals surface area contributed by atoms with Crippen LogP contribution in [-0.2, 0) is 13.0 Å². The van der Waals surface area contributed by atoms with E-state index in [-0.39, 0.29) is 0 Å². The summed E-state index contributed by atoms with van der Waals surface area (Å²) in [5.41, 5.74) is 0.470. The van der Waals surface area contributed by atoms with Crippen molar-refractivity contribution < 1.29 is 0 Å². The molecule has 0 spiro atoms. The molecule has 0 bridgehead atoms. The third-order valence-electron chi connectivity index (χ3n) is 4.74. The Hall–Kier alpha value is -0.830. The van der Waals surface area contributed by atoms with E-state index in [1.165, 1.54) is 25.1 Å². The molecule has 1 aromatic heterocycles. The number of aromatic nitrogens is 2. The third kappa shape index (κ3) is 2.61. The van der Waals surface area contributed by atoms with Gasteiger partial charge in [-0.2, -0.15) is 0 Å². The van der Waals surface area contributed by atoms with Crippen LogP contribution in [0.3, 0.4) is 0 Å². The van der Waals surface area contributed by atoms with E-state index < -0.39 is 0 Å². The molecule has 1 aromatic rings. The summed E-state index contributed by atoms with van der Waals surface area (Å²) in [5.74, 6) is 1.99. The Balaban J connectivity index is 2.10. The van der Waals surface area contributed by atoms with E-state index in [0.29, 0.717) is 11.5 Å². The zero-order chi connectivity index (χ0) is 13.2. The summed E-state index contributed by atoms with van der Waals surface area (Å²) < 4.78 is 2.26. The van der Waals surface area contributed by atoms with Crippen LogP contribution in [0.1, 0.15) is 45.9 Å². The predicted molar refractivity (Wildman–Crippen MR) is 75.6 cm³/mol. The Morgan fingerprint density at radius 1 is 1.56 bits per heavy atom. The molecule has 1 saturated carbocycles. The summed E-state index contributed by atoms with van der Waals surface area (Å²) in [7, 11) is 2.10. The SMILES string of the molecule is CCn1ccnc1CC(NC)C1CCCC1(C)C. The molecule has 1 N–H and O–H groups in total. The summed E-state index contributed by atoms with van der Waals surface area (Å²) >= 11 is 0. The average molecular weight is 249 g/mol. The van der Waals surface area contributed by atoms with E-state index in [1.807, 2.05) is 6.20 Å². The molecule has 0 radical (unpaired) electrons. The van der Waals surface area contributed by atoms with Crippen LogP contribution in [0.4, 0.5) is 0 Å². The summed E-state index contributed by atoms with van der Waals surface area (Å²) in [5, 5.41) is 3.54. The van der Waals surface area contributed by atoms with Gasteiger partial charge in [-0.25, -0.2) is 4.98 Å². The van der Waals surface area contributed by atoms with Gasteiger partial charge in [0.1, 0.15) is 5.82 Å². The van der Waals surface area contributed by atoms with Crippen molar-refractivity contribution in [3.8, 4) is 0 Å². The van der Waals surface area contributed by atoms with Crippen molar-refractivity contribution in [3.05, 3.63) is 18.2 Å². The first-order chi connectivity index (χ1) is 8.58. The lowest BCUT2D eigenvalue weighted by atomic mass is 9.76. The Kier molecular flexibility index (Phi) is 4.10. The summed E-state index contributed by atoms with van der Waals surface area (Å²) in [6.07, 6.45) is 9.14. The van der Waals surface area contributed by atoms with Gasteiger partial charge in [0.05, 0.1) is 0 Å². The monoisotopic (exact) mass is 249 g/mol. The van der Waals surface area contributed by atoms with Crippen LogP contribution in [0.15, 0.2) is 12.4 Å². The largest absolute Gasteiger partial charge is 0.335 e. The molecular weight excluding hydrogens is 222 g/mol. The Morgan fingerprint density at radius 3 is 2.89 bits per heavy atom. The number of nitrogens with one attached hydrogen (secondary N) is 1. The number of aryl methyl sites for hydroxylation is 1. The maximum atomic E-state index is 4.52. The maximum Gasteiger partial charge on any atom is 0.110 e. The lowest BCUT2D eigenvalue weighted by molar-refractivity contribution is 0.199. The van der Waals surface area contributed by atoms with E-state index in [4.69, 9.17) is 0 Å². The van der Waals surface area contributed by atoms with Gasteiger partial charge in [-0.15, -0.1) is 0 Å². The van der Waals surface area contributed by atoms with Crippen molar-refractivity contribution in [1.29, 1.82) is 0 Å². The van der Waals surface area contributed by atoms with E-state index >= 15 is 0 Å². The van der Waals surface area contributed by atoms with Crippen LogP contribution in [0.5, 0.6) is 0 Å². The van der Waals surface area contributed by atoms with Gasteiger partial charge in [-0.3, -0.25) is 0 Å². The van der Waals surface area contributed by atoms with Gasteiger partial charge in [0.25, 0.3) is 0 Å². The molecule has 3 nitrogen and oxygen atoms in total. The van der Waals surface area contributed by atoms with Crippen LogP contribution >= 0.6 is 0 Å². The zero-order valence-electron chi connectivity index (χ0n) is 12.2. The minimum Gasteiger partial charge on any atom is -0.335 e. The summed E-state index contributed by atoms with van der Waals surface area (Å²) in [4.78, 5) is 4.52. The van der Waals surface area contributed by atoms with Gasteiger partial charge < -0.3 is 9.88 Å². The van der Waals surface area contributed by atoms with Gasteiger partial charge in [0.2, 0.25) is 0 Å². The molecule has 1 fully saturated rings. The van der Waals surface area contributed by atoms with Crippen molar-refractivity contribution in [2.24, 2.45) is 11.3 Å². The number of rotatable bonds is 5. The average Bonchev–Trinajstić information content (AvgIpc) is 2.91. The van der Waals surface area contributed by atoms with Gasteiger partial charge in [-0.05, 0) is 38.1 Å². The van der Waals surface area contributed by atoms with Crippen LogP contribution in [0.2, 0.25) is 0 Å². The second kappa shape index (κ2) is 5.43. The molecule has 2 atom stereocenters. The minimum atomic E-state index is 0.470. The molecule has 3 heteroatoms. The van der Waals surface area contributed by atoms with Gasteiger partial charge in [-0.1, -0.05) is 20.3 Å². The summed E-state index contributed by atoms with van der Waals surface area (Å²) in [6, 6.07) is 0.551. The number of hydrogen-bond acceptors (Lipinski definition) is 2. The van der Waals surface area contributed by atoms with Gasteiger partial charge >= 0.3 is 0 Å². The fourth-order valence-corrected chi connectivity index (χ4v) is 3.56. The van der Waals surface area contributed by atoms with Crippen LogP contribution in [0.25, 0.3) is 0 Å². The molecule has 2 rings (SSSR count). The first kappa shape index (κ1) is 13.6. The van der Waals surface area contributed by atoms with Crippen LogP contribution in [-0.4, -0.2) is 22.6 Å². The molecule has 0 amide bonds. The van der Waals surface area contributed by atoms with Crippen molar-refractivity contribution in [2.75, 3.05) is 7.05 Å². The fourth-order valence-electron chi connectivity index (χ4n) is 3.56. The lowest BCUT2D eigenvalue weighted by Gasteiger charge is -2.34. The van der Waals surface area contributed by atoms with Crippen molar-refractivity contribution in [2.45, 2.75) is 59.0 Å². The van der Waals surface area contributed by atoms with Crippen molar-refractivity contribution >= 4 is 0 Å². The number of imidazole rings is 1. The highest BCUT2D eigenvalue weighted by Gasteiger charge is 2.39. The van der Waals surface area contributed by atoms with Gasteiger partial charge in [0, 0.05) is 31.4 Å². The lowest BCUT2D eigenvalue weighted by Crippen LogP contribution is -2.41. The fraction of sp³-hybridized carbons (Fsp3) is 0.800. The van der Waals surface area contributed by atoms with E-state index in [1.54, 1.807) is 0 Å². The molecule has 2 unspecified atom stereocenters. The summed E-state index contributed by atoms with van der Waals surface area (Å²) in [6.45, 7) is 8.03. The maximum absolute atomic E-state index is 4.52. The quantitative estimate of drug-likeness (QED) is 0.869. The molecule has 0 saturated heterocycles. The number of likely N-dealkylation sites (N-methyl/N-ethyl adjacent to an activating group) is 1. The second-order valence-electron chi connectivity index (χ2n) is 6.22. The van der Waals surface area contributed by atoms with Crippen LogP contribution in [0, 0.1) is 11.3 Å². The smallest absolute Gasteiger partial charge is 0.110 e. The Labute approximate surface area is 111 Å². The molecule has 102 valence electrons. The minimum absolute atomic E-state index is 0.470. The highest BCUT2D eigenvalue weighted by atomic mass is 15.1. The second-order valence-corrected chi connectivity index (χ2v) is 6.22. The molecule has 1 heterocycles. The van der Waals surface area contributed by atoms with E-state index in [9.17, 15) is 0 Å². The van der Waals surface area contributed by atoms with Crippen molar-refractivity contribution in [1.82, 2.24) is 14.9 Å². The Morgan fingerprint density at radius 2 is 2.33 bits per heavy atom. The zero-order valence-corrected chi connectivity index (χ0v) is 12.2. The highest BCUT2D eigenvalue weighted by Crippen LogP contribution is 2.44. The molecule has 18 heavy (non-hydrogen) atoms. The highest BCUT2D eigenvalue weighted by molar-refractivity contribution is 5.00. The Bertz CT molecular complexity index is 381. The van der Waals surface area contributed by atoms with Gasteiger partial charge in [0.15, 0.2) is 0 Å². The number of hydrogen-bond donors (Lipinski definition) is 1. The molecule has 1 aliphatic carbocycles. The normalized spacial score (nSPS) is 24.3. The molecular formula is C15H27N3. The standard InChI is InChI=1S/C15H27N3/c1-5-18-10-9-17-14(18)11-13(16-4)12-7-6-8-15(12,2)3/h9-10,12-13,16H,5-8,11H2,1-4H3. The topological polar surface area (TPSA) is 29.9 Å². The predicted octanol–water partition coefficient (Wildman–Crippen LogP) is 2.86. The van der Waals surface area contributed by atoms with Crippen molar-refractivity contribution in [3.63, 3.8) is 0 Å². The van der Waals surface area contributed by atoms with Crippen LogP contribution < -0.4 is 5.32 Å². The van der Waals surface area contributed by atoms with E-state index in [0.717, 1.165) is 18.9 Å².